The monoisotopic (exact) mass is 386 g/mol. The van der Waals surface area contributed by atoms with Crippen LogP contribution < -0.4 is 5.56 Å². The Kier molecular flexibility index (Phi) is 4.66. The predicted octanol–water partition coefficient (Wildman–Crippen LogP) is 3.94. The molecular weight excluding hydrogens is 368 g/mol. The summed E-state index contributed by atoms with van der Waals surface area (Å²) in [6.45, 7) is 6.04. The zero-order valence-electron chi connectivity index (χ0n) is 13.9. The van der Waals surface area contributed by atoms with Crippen molar-refractivity contribution < 1.29 is 0 Å². The first kappa shape index (κ1) is 16.6. The number of aryl methyl sites for hydroxylation is 3. The first-order valence-corrected chi connectivity index (χ1v) is 8.70. The Hall–Kier alpha value is -2.21. The lowest BCUT2D eigenvalue weighted by atomic mass is 10.2. The number of H-pyrrole nitrogens is 1. The minimum absolute atomic E-state index is 0.147. The summed E-state index contributed by atoms with van der Waals surface area (Å²) in [6.07, 6.45) is 3.31. The van der Waals surface area contributed by atoms with Gasteiger partial charge in [-0.25, -0.2) is 4.98 Å². The van der Waals surface area contributed by atoms with Crippen LogP contribution in [0.3, 0.4) is 0 Å². The van der Waals surface area contributed by atoms with Gasteiger partial charge in [0, 0.05) is 27.8 Å². The molecule has 124 valence electrons. The number of fused-ring (bicyclic) bond motifs is 1. The summed E-state index contributed by atoms with van der Waals surface area (Å²) in [5.41, 5.74) is 3.61. The molecule has 24 heavy (non-hydrogen) atoms. The second-order valence-corrected chi connectivity index (χ2v) is 6.75. The SMILES string of the molecule is CCCc1nc2ccc(Br)cc2c(=O)n1N=Cc1cc(C)[nH]c1C. The molecule has 0 saturated carbocycles. The van der Waals surface area contributed by atoms with Gasteiger partial charge >= 0.3 is 0 Å². The minimum atomic E-state index is -0.147. The number of nitrogens with one attached hydrogen (secondary N) is 1. The van der Waals surface area contributed by atoms with E-state index in [9.17, 15) is 4.79 Å². The Balaban J connectivity index is 2.17. The fourth-order valence-electron chi connectivity index (χ4n) is 2.70. The largest absolute Gasteiger partial charge is 0.362 e. The molecule has 0 saturated heterocycles. The molecule has 2 heterocycles. The molecule has 0 fully saturated rings. The normalized spacial score (nSPS) is 11.7. The molecular formula is C18H19BrN4O. The van der Waals surface area contributed by atoms with Crippen LogP contribution in [0.4, 0.5) is 0 Å². The van der Waals surface area contributed by atoms with Crippen LogP contribution in [-0.2, 0) is 6.42 Å². The van der Waals surface area contributed by atoms with Crippen molar-refractivity contribution in [1.29, 1.82) is 0 Å². The van der Waals surface area contributed by atoms with E-state index in [1.807, 2.05) is 32.0 Å². The predicted molar refractivity (Wildman–Crippen MR) is 101 cm³/mol. The number of nitrogens with zero attached hydrogens (tertiary/aromatic N) is 3. The van der Waals surface area contributed by atoms with Crippen molar-refractivity contribution >= 4 is 33.0 Å². The van der Waals surface area contributed by atoms with Crippen molar-refractivity contribution in [2.45, 2.75) is 33.6 Å². The summed E-state index contributed by atoms with van der Waals surface area (Å²) < 4.78 is 2.27. The number of benzene rings is 1. The molecule has 0 aliphatic heterocycles. The van der Waals surface area contributed by atoms with Crippen LogP contribution in [0.15, 0.2) is 38.6 Å². The van der Waals surface area contributed by atoms with Gasteiger partial charge in [-0.1, -0.05) is 22.9 Å². The van der Waals surface area contributed by atoms with Crippen LogP contribution in [0.2, 0.25) is 0 Å². The Labute approximate surface area is 148 Å². The summed E-state index contributed by atoms with van der Waals surface area (Å²) in [5.74, 6) is 0.679. The van der Waals surface area contributed by atoms with Crippen molar-refractivity contribution in [3.63, 3.8) is 0 Å². The number of aromatic nitrogens is 3. The average Bonchev–Trinajstić information content (AvgIpc) is 2.86. The van der Waals surface area contributed by atoms with Crippen molar-refractivity contribution in [2.75, 3.05) is 0 Å². The summed E-state index contributed by atoms with van der Waals surface area (Å²) in [7, 11) is 0. The number of hydrogen-bond donors (Lipinski definition) is 1. The molecule has 0 atom stereocenters. The van der Waals surface area contributed by atoms with E-state index in [0.717, 1.165) is 27.8 Å². The zero-order valence-corrected chi connectivity index (χ0v) is 15.5. The molecule has 0 bridgehead atoms. The van der Waals surface area contributed by atoms with Gasteiger partial charge in [0.1, 0.15) is 5.82 Å². The van der Waals surface area contributed by atoms with E-state index in [2.05, 4.69) is 37.9 Å². The van der Waals surface area contributed by atoms with E-state index in [-0.39, 0.29) is 5.56 Å². The third-order valence-corrected chi connectivity index (χ3v) is 4.34. The highest BCUT2D eigenvalue weighted by Crippen LogP contribution is 2.16. The quantitative estimate of drug-likeness (QED) is 0.690. The van der Waals surface area contributed by atoms with E-state index >= 15 is 0 Å². The van der Waals surface area contributed by atoms with Crippen LogP contribution in [0, 0.1) is 13.8 Å². The summed E-state index contributed by atoms with van der Waals surface area (Å²) in [5, 5.41) is 4.99. The lowest BCUT2D eigenvalue weighted by Gasteiger charge is -2.08. The van der Waals surface area contributed by atoms with Crippen LogP contribution in [0.5, 0.6) is 0 Å². The summed E-state index contributed by atoms with van der Waals surface area (Å²) >= 11 is 3.41. The molecule has 3 rings (SSSR count). The molecule has 3 aromatic rings. The highest BCUT2D eigenvalue weighted by molar-refractivity contribution is 9.10. The van der Waals surface area contributed by atoms with E-state index in [0.29, 0.717) is 23.1 Å². The van der Waals surface area contributed by atoms with Crippen LogP contribution in [0.1, 0.15) is 36.1 Å². The lowest BCUT2D eigenvalue weighted by molar-refractivity contribution is 0.703. The second-order valence-electron chi connectivity index (χ2n) is 5.83. The van der Waals surface area contributed by atoms with E-state index in [1.165, 1.54) is 4.68 Å². The highest BCUT2D eigenvalue weighted by Gasteiger charge is 2.10. The number of halogens is 1. The summed E-state index contributed by atoms with van der Waals surface area (Å²) in [4.78, 5) is 20.7. The van der Waals surface area contributed by atoms with Gasteiger partial charge in [-0.3, -0.25) is 4.79 Å². The third-order valence-electron chi connectivity index (χ3n) is 3.85. The molecule has 0 amide bonds. The molecule has 0 aliphatic rings. The standard InChI is InChI=1S/C18H19BrN4O/c1-4-5-17-22-16-7-6-14(19)9-15(16)18(24)23(17)20-10-13-8-11(2)21-12(13)3/h6-10,21H,4-5H2,1-3H3. The van der Waals surface area contributed by atoms with E-state index < -0.39 is 0 Å². The minimum Gasteiger partial charge on any atom is -0.362 e. The first-order valence-electron chi connectivity index (χ1n) is 7.91. The Morgan fingerprint density at radius 1 is 1.33 bits per heavy atom. The average molecular weight is 387 g/mol. The van der Waals surface area contributed by atoms with Gasteiger partial charge in [-0.05, 0) is 44.5 Å². The van der Waals surface area contributed by atoms with Crippen molar-refractivity contribution in [1.82, 2.24) is 14.6 Å². The van der Waals surface area contributed by atoms with Gasteiger partial charge in [-0.15, -0.1) is 0 Å². The second kappa shape index (κ2) is 6.73. The fourth-order valence-corrected chi connectivity index (χ4v) is 3.06. The highest BCUT2D eigenvalue weighted by atomic mass is 79.9. The maximum atomic E-state index is 12.9. The summed E-state index contributed by atoms with van der Waals surface area (Å²) in [6, 6.07) is 7.55. The molecule has 6 heteroatoms. The Bertz CT molecular complexity index is 985. The number of rotatable bonds is 4. The van der Waals surface area contributed by atoms with E-state index in [1.54, 1.807) is 12.3 Å². The van der Waals surface area contributed by atoms with Crippen LogP contribution >= 0.6 is 15.9 Å². The molecule has 2 aromatic heterocycles. The van der Waals surface area contributed by atoms with Gasteiger partial charge in [0.2, 0.25) is 0 Å². The van der Waals surface area contributed by atoms with Gasteiger partial charge in [0.15, 0.2) is 0 Å². The maximum absolute atomic E-state index is 12.9. The Morgan fingerprint density at radius 3 is 2.79 bits per heavy atom. The van der Waals surface area contributed by atoms with Crippen LogP contribution in [0.25, 0.3) is 10.9 Å². The Morgan fingerprint density at radius 2 is 2.12 bits per heavy atom. The zero-order chi connectivity index (χ0) is 17.3. The van der Waals surface area contributed by atoms with Crippen LogP contribution in [-0.4, -0.2) is 20.9 Å². The molecule has 0 spiro atoms. The maximum Gasteiger partial charge on any atom is 0.282 e. The van der Waals surface area contributed by atoms with Crippen molar-refractivity contribution in [3.8, 4) is 0 Å². The molecule has 1 N–H and O–H groups in total. The third kappa shape index (κ3) is 3.19. The van der Waals surface area contributed by atoms with Crippen molar-refractivity contribution in [2.24, 2.45) is 5.10 Å². The molecule has 5 nitrogen and oxygen atoms in total. The van der Waals surface area contributed by atoms with E-state index in [4.69, 9.17) is 0 Å². The van der Waals surface area contributed by atoms with Gasteiger partial charge in [0.05, 0.1) is 17.1 Å². The number of aromatic amines is 1. The van der Waals surface area contributed by atoms with Gasteiger partial charge < -0.3 is 4.98 Å². The van der Waals surface area contributed by atoms with Gasteiger partial charge in [0.25, 0.3) is 5.56 Å². The van der Waals surface area contributed by atoms with Gasteiger partial charge in [-0.2, -0.15) is 9.78 Å². The molecule has 0 radical (unpaired) electrons. The smallest absolute Gasteiger partial charge is 0.282 e. The number of hydrogen-bond acceptors (Lipinski definition) is 3. The molecule has 0 aliphatic carbocycles. The first-order chi connectivity index (χ1) is 11.5. The fraction of sp³-hybridized carbons (Fsp3) is 0.278. The molecule has 0 unspecified atom stereocenters. The topological polar surface area (TPSA) is 63.0 Å². The molecule has 1 aromatic carbocycles. The lowest BCUT2D eigenvalue weighted by Crippen LogP contribution is -2.22. The van der Waals surface area contributed by atoms with Crippen molar-refractivity contribution in [3.05, 3.63) is 61.9 Å².